The number of hydrogen-bond donors (Lipinski definition) is 4. The third-order valence-corrected chi connectivity index (χ3v) is 6.07. The molecule has 0 spiro atoms. The van der Waals surface area contributed by atoms with E-state index in [9.17, 15) is 23.6 Å². The van der Waals surface area contributed by atoms with Gasteiger partial charge in [-0.15, -0.1) is 0 Å². The normalized spacial score (nSPS) is 14.4. The van der Waals surface area contributed by atoms with Crippen molar-refractivity contribution in [1.82, 2.24) is 40.4 Å². The Bertz CT molecular complexity index is 1600. The number of carbonyl (C=O) groups excluding carboxylic acids is 3. The zero-order valence-corrected chi connectivity index (χ0v) is 19.9. The highest BCUT2D eigenvalue weighted by Crippen LogP contribution is 2.15. The SMILES string of the molecule is C[C@H](NC(=O)c1cc(C(=O)NCc2ccc3oc(=O)n(C)c3c2)nc2c(F)cnn12)C(=O)NC1CNC1. The van der Waals surface area contributed by atoms with Crippen LogP contribution >= 0.6 is 0 Å². The van der Waals surface area contributed by atoms with Gasteiger partial charge in [-0.05, 0) is 24.6 Å². The van der Waals surface area contributed by atoms with Crippen LogP contribution in [0.25, 0.3) is 16.7 Å². The van der Waals surface area contributed by atoms with Crippen LogP contribution in [0, 0.1) is 5.82 Å². The van der Waals surface area contributed by atoms with Crippen molar-refractivity contribution in [2.24, 2.45) is 7.05 Å². The number of nitrogens with one attached hydrogen (secondary N) is 4. The number of amides is 3. The number of oxazole rings is 1. The molecule has 5 rings (SSSR count). The molecule has 0 unspecified atom stereocenters. The molecule has 1 aliphatic heterocycles. The van der Waals surface area contributed by atoms with E-state index in [1.807, 2.05) is 0 Å². The first-order valence-electron chi connectivity index (χ1n) is 11.4. The van der Waals surface area contributed by atoms with Crippen LogP contribution in [0.4, 0.5) is 4.39 Å². The lowest BCUT2D eigenvalue weighted by molar-refractivity contribution is -0.123. The summed E-state index contributed by atoms with van der Waals surface area (Å²) >= 11 is 0. The van der Waals surface area contributed by atoms with Crippen molar-refractivity contribution >= 4 is 34.5 Å². The Morgan fingerprint density at radius 2 is 2.03 bits per heavy atom. The summed E-state index contributed by atoms with van der Waals surface area (Å²) in [5.74, 6) is -3.10. The molecule has 4 heterocycles. The Balaban J connectivity index is 1.34. The van der Waals surface area contributed by atoms with Gasteiger partial charge in [0.2, 0.25) is 5.91 Å². The van der Waals surface area contributed by atoms with Gasteiger partial charge in [0, 0.05) is 32.7 Å². The van der Waals surface area contributed by atoms with E-state index in [-0.39, 0.29) is 35.5 Å². The Kier molecular flexibility index (Phi) is 6.17. The predicted molar refractivity (Wildman–Crippen MR) is 127 cm³/mol. The van der Waals surface area contributed by atoms with E-state index in [0.717, 1.165) is 10.7 Å². The maximum absolute atomic E-state index is 14.3. The highest BCUT2D eigenvalue weighted by atomic mass is 19.1. The van der Waals surface area contributed by atoms with E-state index < -0.39 is 29.4 Å². The van der Waals surface area contributed by atoms with Crippen molar-refractivity contribution in [3.63, 3.8) is 0 Å². The molecule has 0 saturated carbocycles. The predicted octanol–water partition coefficient (Wildman–Crippen LogP) is -0.550. The monoisotopic (exact) mass is 510 g/mol. The average Bonchev–Trinajstić information content (AvgIpc) is 3.37. The van der Waals surface area contributed by atoms with Gasteiger partial charge in [0.1, 0.15) is 17.4 Å². The number of hydrogen-bond acceptors (Lipinski definition) is 8. The van der Waals surface area contributed by atoms with E-state index in [1.165, 1.54) is 17.6 Å². The number of halogens is 1. The summed E-state index contributed by atoms with van der Waals surface area (Å²) in [7, 11) is 1.57. The molecule has 0 bridgehead atoms. The Labute approximate surface area is 208 Å². The smallest absolute Gasteiger partial charge is 0.408 e. The zero-order valence-electron chi connectivity index (χ0n) is 19.9. The molecule has 1 fully saturated rings. The van der Waals surface area contributed by atoms with E-state index in [2.05, 4.69) is 31.3 Å². The average molecular weight is 510 g/mol. The van der Waals surface area contributed by atoms with Crippen molar-refractivity contribution in [3.05, 3.63) is 63.8 Å². The number of nitrogens with zero attached hydrogens (tertiary/aromatic N) is 4. The van der Waals surface area contributed by atoms with Crippen molar-refractivity contribution < 1.29 is 23.2 Å². The minimum atomic E-state index is -0.886. The van der Waals surface area contributed by atoms with Gasteiger partial charge in [0.05, 0.1) is 17.8 Å². The second-order valence-electron chi connectivity index (χ2n) is 8.73. The number of rotatable bonds is 7. The van der Waals surface area contributed by atoms with E-state index in [1.54, 1.807) is 25.2 Å². The molecule has 13 nitrogen and oxygen atoms in total. The molecule has 1 saturated heterocycles. The van der Waals surface area contributed by atoms with Crippen LogP contribution in [0.5, 0.6) is 0 Å². The van der Waals surface area contributed by atoms with Crippen molar-refractivity contribution in [2.45, 2.75) is 25.6 Å². The number of benzene rings is 1. The molecule has 4 N–H and O–H groups in total. The first-order valence-corrected chi connectivity index (χ1v) is 11.4. The number of aromatic nitrogens is 4. The molecule has 37 heavy (non-hydrogen) atoms. The van der Waals surface area contributed by atoms with E-state index >= 15 is 0 Å². The van der Waals surface area contributed by atoms with Crippen LogP contribution in [0.15, 0.2) is 39.7 Å². The van der Waals surface area contributed by atoms with Crippen LogP contribution in [-0.2, 0) is 18.4 Å². The highest BCUT2D eigenvalue weighted by molar-refractivity contribution is 6.00. The Morgan fingerprint density at radius 3 is 2.76 bits per heavy atom. The summed E-state index contributed by atoms with van der Waals surface area (Å²) in [5.41, 5.74) is 0.945. The van der Waals surface area contributed by atoms with Gasteiger partial charge in [0.15, 0.2) is 17.0 Å². The van der Waals surface area contributed by atoms with Crippen molar-refractivity contribution in [1.29, 1.82) is 0 Å². The molecule has 14 heteroatoms. The standard InChI is InChI=1S/C23H23FN8O5/c1-11(20(33)29-13-8-25-9-13)28-22(35)17-6-15(30-19-14(24)10-27-32(17)19)21(34)26-7-12-3-4-18-16(5-12)31(2)23(36)37-18/h3-6,10-11,13,25H,7-9H2,1-2H3,(H,26,34)(H,28,35)(H,29,33)/t11-/m0/s1. The van der Waals surface area contributed by atoms with Gasteiger partial charge >= 0.3 is 5.76 Å². The summed E-state index contributed by atoms with van der Waals surface area (Å²) in [6, 6.07) is 5.28. The summed E-state index contributed by atoms with van der Waals surface area (Å²) in [5, 5.41) is 14.9. The Hall–Kier alpha value is -4.59. The molecular weight excluding hydrogens is 487 g/mol. The highest BCUT2D eigenvalue weighted by Gasteiger charge is 2.25. The Morgan fingerprint density at radius 1 is 1.24 bits per heavy atom. The second kappa shape index (κ2) is 9.46. The van der Waals surface area contributed by atoms with Crippen LogP contribution < -0.4 is 27.0 Å². The van der Waals surface area contributed by atoms with Crippen molar-refractivity contribution in [3.8, 4) is 0 Å². The van der Waals surface area contributed by atoms with Gasteiger partial charge in [0.25, 0.3) is 11.8 Å². The molecule has 0 aliphatic carbocycles. The third kappa shape index (κ3) is 4.65. The number of aryl methyl sites for hydroxylation is 1. The number of carbonyl (C=O) groups is 3. The molecule has 1 aromatic carbocycles. The van der Waals surface area contributed by atoms with Gasteiger partial charge in [-0.25, -0.2) is 18.7 Å². The van der Waals surface area contributed by atoms with Gasteiger partial charge in [-0.1, -0.05) is 6.07 Å². The third-order valence-electron chi connectivity index (χ3n) is 6.07. The maximum Gasteiger partial charge on any atom is 0.419 e. The molecule has 3 aromatic heterocycles. The van der Waals surface area contributed by atoms with E-state index in [0.29, 0.717) is 29.8 Å². The molecule has 4 aromatic rings. The lowest BCUT2D eigenvalue weighted by Crippen LogP contribution is -2.60. The lowest BCUT2D eigenvalue weighted by Gasteiger charge is -2.29. The molecular formula is C23H23FN8O5. The van der Waals surface area contributed by atoms with Crippen LogP contribution in [-0.4, -0.2) is 62.1 Å². The fourth-order valence-corrected chi connectivity index (χ4v) is 3.82. The molecule has 1 aliphatic rings. The van der Waals surface area contributed by atoms with Crippen molar-refractivity contribution in [2.75, 3.05) is 13.1 Å². The summed E-state index contributed by atoms with van der Waals surface area (Å²) in [4.78, 5) is 53.9. The van der Waals surface area contributed by atoms with Crippen LogP contribution in [0.1, 0.15) is 33.5 Å². The summed E-state index contributed by atoms with van der Waals surface area (Å²) in [6.45, 7) is 2.88. The summed E-state index contributed by atoms with van der Waals surface area (Å²) < 4.78 is 21.7. The first kappa shape index (κ1) is 24.1. The van der Waals surface area contributed by atoms with Crippen LogP contribution in [0.2, 0.25) is 0 Å². The van der Waals surface area contributed by atoms with Crippen LogP contribution in [0.3, 0.4) is 0 Å². The van der Waals surface area contributed by atoms with Gasteiger partial charge < -0.3 is 25.7 Å². The minimum absolute atomic E-state index is 0.00548. The molecule has 192 valence electrons. The molecule has 0 radical (unpaired) electrons. The molecule has 3 amide bonds. The quantitative estimate of drug-likeness (QED) is 0.257. The fourth-order valence-electron chi connectivity index (χ4n) is 3.82. The van der Waals surface area contributed by atoms with Gasteiger partial charge in [-0.2, -0.15) is 5.10 Å². The second-order valence-corrected chi connectivity index (χ2v) is 8.73. The largest absolute Gasteiger partial charge is 0.419 e. The minimum Gasteiger partial charge on any atom is -0.408 e. The fraction of sp³-hybridized carbons (Fsp3) is 0.304. The number of fused-ring (bicyclic) bond motifs is 2. The van der Waals surface area contributed by atoms with Gasteiger partial charge in [-0.3, -0.25) is 19.0 Å². The topological polar surface area (TPSA) is 165 Å². The lowest BCUT2D eigenvalue weighted by atomic mass is 10.1. The maximum atomic E-state index is 14.3. The molecule has 1 atom stereocenters. The summed E-state index contributed by atoms with van der Waals surface area (Å²) in [6.07, 6.45) is 0.880. The zero-order chi connectivity index (χ0) is 26.3. The first-order chi connectivity index (χ1) is 17.7. The van der Waals surface area contributed by atoms with E-state index in [4.69, 9.17) is 4.42 Å².